The van der Waals surface area contributed by atoms with Crippen molar-refractivity contribution < 1.29 is 9.53 Å². The van der Waals surface area contributed by atoms with Crippen LogP contribution in [0.1, 0.15) is 31.2 Å². The number of aryl methyl sites for hydroxylation is 2. The van der Waals surface area contributed by atoms with Crippen LogP contribution in [0.2, 0.25) is 0 Å². The molecule has 88 valence electrons. The van der Waals surface area contributed by atoms with Crippen molar-refractivity contribution in [3.63, 3.8) is 0 Å². The number of hydrogen-bond acceptors (Lipinski definition) is 5. The highest BCUT2D eigenvalue weighted by atomic mass is 32.2. The van der Waals surface area contributed by atoms with Crippen LogP contribution in [0.5, 0.6) is 0 Å². The van der Waals surface area contributed by atoms with Gasteiger partial charge in [-0.05, 0) is 26.3 Å². The summed E-state index contributed by atoms with van der Waals surface area (Å²) in [6, 6.07) is 1.87. The van der Waals surface area contributed by atoms with Gasteiger partial charge in [0.1, 0.15) is 0 Å². The normalized spacial score (nSPS) is 10.2. The SMILES string of the molecule is CCCCOC(=O)Sc1nc(C)cc(C)n1. The van der Waals surface area contributed by atoms with Crippen LogP contribution >= 0.6 is 11.8 Å². The van der Waals surface area contributed by atoms with Gasteiger partial charge >= 0.3 is 5.30 Å². The van der Waals surface area contributed by atoms with Crippen molar-refractivity contribution in [3.05, 3.63) is 17.5 Å². The third-order valence-corrected chi connectivity index (χ3v) is 2.50. The summed E-state index contributed by atoms with van der Waals surface area (Å²) >= 11 is 0.939. The van der Waals surface area contributed by atoms with Crippen LogP contribution in [0.25, 0.3) is 0 Å². The number of aromatic nitrogens is 2. The van der Waals surface area contributed by atoms with Gasteiger partial charge in [0.2, 0.25) is 0 Å². The molecule has 16 heavy (non-hydrogen) atoms. The Morgan fingerprint density at radius 3 is 2.56 bits per heavy atom. The van der Waals surface area contributed by atoms with Crippen molar-refractivity contribution in [1.82, 2.24) is 9.97 Å². The summed E-state index contributed by atoms with van der Waals surface area (Å²) in [5.74, 6) is 0. The lowest BCUT2D eigenvalue weighted by Crippen LogP contribution is -2.01. The first-order chi connectivity index (χ1) is 7.61. The monoisotopic (exact) mass is 240 g/mol. The van der Waals surface area contributed by atoms with Crippen LogP contribution in [0.4, 0.5) is 4.79 Å². The molecule has 1 aromatic heterocycles. The zero-order valence-corrected chi connectivity index (χ0v) is 10.6. The molecule has 0 saturated carbocycles. The minimum atomic E-state index is -0.335. The number of ether oxygens (including phenoxy) is 1. The molecule has 4 nitrogen and oxygen atoms in total. The molecule has 0 aliphatic heterocycles. The topological polar surface area (TPSA) is 52.1 Å². The van der Waals surface area contributed by atoms with Gasteiger partial charge in [-0.25, -0.2) is 14.8 Å². The molecule has 1 rings (SSSR count). The maximum atomic E-state index is 11.4. The molecule has 0 aliphatic carbocycles. The highest BCUT2D eigenvalue weighted by Gasteiger charge is 2.09. The summed E-state index contributed by atoms with van der Waals surface area (Å²) in [6.45, 7) is 6.27. The Bertz CT molecular complexity index is 349. The fraction of sp³-hybridized carbons (Fsp3) is 0.545. The lowest BCUT2D eigenvalue weighted by molar-refractivity contribution is 0.173. The number of carbonyl (C=O) groups is 1. The molecule has 0 N–H and O–H groups in total. The number of nitrogens with zero attached hydrogens (tertiary/aromatic N) is 2. The van der Waals surface area contributed by atoms with Crippen molar-refractivity contribution >= 4 is 17.1 Å². The Hall–Kier alpha value is -1.10. The molecular formula is C11H16N2O2S. The van der Waals surface area contributed by atoms with Crippen molar-refractivity contribution in [1.29, 1.82) is 0 Å². The Balaban J connectivity index is 2.49. The second kappa shape index (κ2) is 6.48. The van der Waals surface area contributed by atoms with E-state index < -0.39 is 0 Å². The molecule has 0 aromatic carbocycles. The first-order valence-corrected chi connectivity index (χ1v) is 6.10. The van der Waals surface area contributed by atoms with Crippen LogP contribution in [0.15, 0.2) is 11.2 Å². The maximum absolute atomic E-state index is 11.4. The average Bonchev–Trinajstić information content (AvgIpc) is 2.16. The predicted molar refractivity (Wildman–Crippen MR) is 63.6 cm³/mol. The van der Waals surface area contributed by atoms with E-state index in [4.69, 9.17) is 4.74 Å². The Kier molecular flexibility index (Phi) is 5.25. The molecule has 0 aliphatic rings. The fourth-order valence-electron chi connectivity index (χ4n) is 1.14. The Morgan fingerprint density at radius 2 is 2.00 bits per heavy atom. The summed E-state index contributed by atoms with van der Waals surface area (Å²) in [4.78, 5) is 19.7. The predicted octanol–water partition coefficient (Wildman–Crippen LogP) is 3.12. The Morgan fingerprint density at radius 1 is 1.38 bits per heavy atom. The molecule has 0 amide bonds. The van der Waals surface area contributed by atoms with Crippen molar-refractivity contribution in [2.45, 2.75) is 38.8 Å². The lowest BCUT2D eigenvalue weighted by Gasteiger charge is -2.03. The second-order valence-corrected chi connectivity index (χ2v) is 4.39. The average molecular weight is 240 g/mol. The van der Waals surface area contributed by atoms with Crippen LogP contribution in [-0.4, -0.2) is 21.9 Å². The fourth-order valence-corrected chi connectivity index (χ4v) is 1.81. The van der Waals surface area contributed by atoms with Gasteiger partial charge in [-0.2, -0.15) is 0 Å². The van der Waals surface area contributed by atoms with E-state index in [9.17, 15) is 4.79 Å². The summed E-state index contributed by atoms with van der Waals surface area (Å²) in [6.07, 6.45) is 1.90. The smallest absolute Gasteiger partial charge is 0.375 e. The van der Waals surface area contributed by atoms with Crippen molar-refractivity contribution in [2.24, 2.45) is 0 Å². The van der Waals surface area contributed by atoms with E-state index in [-0.39, 0.29) is 5.30 Å². The molecule has 5 heteroatoms. The first-order valence-electron chi connectivity index (χ1n) is 5.28. The second-order valence-electron chi connectivity index (χ2n) is 3.49. The highest BCUT2D eigenvalue weighted by molar-refractivity contribution is 8.13. The first kappa shape index (κ1) is 13.0. The summed E-state index contributed by atoms with van der Waals surface area (Å²) in [5.41, 5.74) is 1.72. The van der Waals surface area contributed by atoms with Gasteiger partial charge in [0.05, 0.1) is 6.61 Å². The molecular weight excluding hydrogens is 224 g/mol. The molecule has 1 heterocycles. The van der Waals surface area contributed by atoms with Crippen molar-refractivity contribution in [3.8, 4) is 0 Å². The van der Waals surface area contributed by atoms with E-state index in [2.05, 4.69) is 9.97 Å². The van der Waals surface area contributed by atoms with Crippen LogP contribution in [0, 0.1) is 13.8 Å². The summed E-state index contributed by atoms with van der Waals surface area (Å²) < 4.78 is 5.01. The standard InChI is InChI=1S/C11H16N2O2S/c1-4-5-6-15-11(14)16-10-12-8(2)7-9(3)13-10/h7H,4-6H2,1-3H3. The zero-order valence-electron chi connectivity index (χ0n) is 9.82. The van der Waals surface area contributed by atoms with Crippen LogP contribution in [0.3, 0.4) is 0 Å². The molecule has 0 bridgehead atoms. The highest BCUT2D eigenvalue weighted by Crippen LogP contribution is 2.16. The number of hydrogen-bond donors (Lipinski definition) is 0. The molecule has 0 saturated heterocycles. The largest absolute Gasteiger partial charge is 0.457 e. The molecule has 0 radical (unpaired) electrons. The summed E-state index contributed by atoms with van der Waals surface area (Å²) in [7, 11) is 0. The van der Waals surface area contributed by atoms with E-state index in [1.165, 1.54) is 0 Å². The minimum absolute atomic E-state index is 0.335. The van der Waals surface area contributed by atoms with Crippen LogP contribution in [-0.2, 0) is 4.74 Å². The van der Waals surface area contributed by atoms with Gasteiger partial charge in [0.15, 0.2) is 5.16 Å². The van der Waals surface area contributed by atoms with E-state index in [0.717, 1.165) is 36.0 Å². The van der Waals surface area contributed by atoms with Gasteiger partial charge in [0, 0.05) is 23.1 Å². The summed E-state index contributed by atoms with van der Waals surface area (Å²) in [5, 5.41) is 0.123. The third-order valence-electron chi connectivity index (χ3n) is 1.85. The third kappa shape index (κ3) is 4.61. The van der Waals surface area contributed by atoms with E-state index in [1.54, 1.807) is 0 Å². The Labute approximate surface area is 99.8 Å². The number of carbonyl (C=O) groups excluding carboxylic acids is 1. The van der Waals surface area contributed by atoms with Gasteiger partial charge in [-0.15, -0.1) is 0 Å². The van der Waals surface area contributed by atoms with Crippen LogP contribution < -0.4 is 0 Å². The molecule has 0 fully saturated rings. The molecule has 0 atom stereocenters. The minimum Gasteiger partial charge on any atom is -0.457 e. The van der Waals surface area contributed by atoms with Crippen molar-refractivity contribution in [2.75, 3.05) is 6.61 Å². The van der Waals surface area contributed by atoms with Gasteiger partial charge in [0.25, 0.3) is 0 Å². The van der Waals surface area contributed by atoms with E-state index in [0.29, 0.717) is 11.8 Å². The molecule has 1 aromatic rings. The lowest BCUT2D eigenvalue weighted by atomic mass is 10.4. The maximum Gasteiger partial charge on any atom is 0.375 e. The molecule has 0 unspecified atom stereocenters. The molecule has 0 spiro atoms. The van der Waals surface area contributed by atoms with Gasteiger partial charge in [-0.3, -0.25) is 0 Å². The quantitative estimate of drug-likeness (QED) is 0.350. The zero-order chi connectivity index (χ0) is 12.0. The number of rotatable bonds is 4. The van der Waals surface area contributed by atoms with E-state index in [1.807, 2.05) is 26.8 Å². The van der Waals surface area contributed by atoms with E-state index >= 15 is 0 Å². The van der Waals surface area contributed by atoms with Gasteiger partial charge in [-0.1, -0.05) is 13.3 Å². The number of unbranched alkanes of at least 4 members (excludes halogenated alkanes) is 1. The van der Waals surface area contributed by atoms with Gasteiger partial charge < -0.3 is 4.74 Å². The number of thioether (sulfide) groups is 1.